The summed E-state index contributed by atoms with van der Waals surface area (Å²) in [6, 6.07) is 0. The van der Waals surface area contributed by atoms with Crippen LogP contribution in [0.1, 0.15) is 222 Å². The number of carbonyl (C=O) groups is 1. The third-order valence-electron chi connectivity index (χ3n) is 15.9. The Hall–Kier alpha value is -1.31. The molecule has 4 aliphatic carbocycles. The maximum absolute atomic E-state index is 12.9. The van der Waals surface area contributed by atoms with Crippen LogP contribution in [0.2, 0.25) is 0 Å². The van der Waals surface area contributed by atoms with Crippen LogP contribution in [-0.2, 0) is 9.53 Å². The van der Waals surface area contributed by atoms with Crippen molar-refractivity contribution in [2.45, 2.75) is 228 Å². The highest BCUT2D eigenvalue weighted by atomic mass is 16.5. The van der Waals surface area contributed by atoms with E-state index in [9.17, 15) is 4.79 Å². The van der Waals surface area contributed by atoms with Crippen LogP contribution in [0.3, 0.4) is 0 Å². The van der Waals surface area contributed by atoms with Gasteiger partial charge in [0.1, 0.15) is 6.10 Å². The summed E-state index contributed by atoms with van der Waals surface area (Å²) in [7, 11) is 0. The molecule has 53 heavy (non-hydrogen) atoms. The Kier molecular flexibility index (Phi) is 19.3. The Balaban J connectivity index is 1.07. The van der Waals surface area contributed by atoms with Gasteiger partial charge in [-0.15, -0.1) is 0 Å². The van der Waals surface area contributed by atoms with Crippen LogP contribution in [0.15, 0.2) is 36.0 Å². The average molecular weight is 733 g/mol. The molecule has 0 aromatic carbocycles. The second-order valence-electron chi connectivity index (χ2n) is 19.7. The second-order valence-corrected chi connectivity index (χ2v) is 19.7. The molecule has 2 heteroatoms. The van der Waals surface area contributed by atoms with E-state index in [4.69, 9.17) is 4.74 Å². The molecule has 0 bridgehead atoms. The molecular weight excluding hydrogens is 645 g/mol. The molecule has 2 nitrogen and oxygen atoms in total. The zero-order valence-corrected chi connectivity index (χ0v) is 36.4. The number of allylic oxidation sites excluding steroid dienone is 5. The van der Waals surface area contributed by atoms with E-state index in [2.05, 4.69) is 78.8 Å². The first-order chi connectivity index (χ1) is 25.6. The van der Waals surface area contributed by atoms with Gasteiger partial charge in [-0.3, -0.25) is 4.79 Å². The Bertz CT molecular complexity index is 1130. The van der Waals surface area contributed by atoms with Crippen LogP contribution in [0.25, 0.3) is 0 Å². The first-order valence-corrected chi connectivity index (χ1v) is 23.8. The van der Waals surface area contributed by atoms with Crippen molar-refractivity contribution in [2.75, 3.05) is 0 Å². The maximum Gasteiger partial charge on any atom is 0.306 e. The largest absolute Gasteiger partial charge is 0.462 e. The fraction of sp³-hybridized carbons (Fsp3) is 0.863. The van der Waals surface area contributed by atoms with Crippen LogP contribution >= 0.6 is 0 Å². The van der Waals surface area contributed by atoms with Crippen molar-refractivity contribution in [2.24, 2.45) is 52.3 Å². The maximum atomic E-state index is 12.9. The lowest BCUT2D eigenvalue weighted by Gasteiger charge is -2.58. The molecule has 304 valence electrons. The average Bonchev–Trinajstić information content (AvgIpc) is 3.50. The number of unbranched alkanes of at least 4 members (excludes halogenated alkanes) is 12. The van der Waals surface area contributed by atoms with Gasteiger partial charge >= 0.3 is 5.97 Å². The number of carbonyl (C=O) groups excluding carboxylic acids is 1. The van der Waals surface area contributed by atoms with E-state index >= 15 is 0 Å². The molecule has 0 aromatic rings. The molecule has 0 spiro atoms. The first kappa shape index (κ1) is 44.4. The predicted molar refractivity (Wildman–Crippen MR) is 230 cm³/mol. The molecule has 3 saturated carbocycles. The number of hydrogen-bond donors (Lipinski definition) is 0. The van der Waals surface area contributed by atoms with Gasteiger partial charge in [0.15, 0.2) is 0 Å². The van der Waals surface area contributed by atoms with Gasteiger partial charge in [-0.2, -0.15) is 0 Å². The van der Waals surface area contributed by atoms with Gasteiger partial charge in [-0.1, -0.05) is 155 Å². The van der Waals surface area contributed by atoms with Crippen LogP contribution in [0.5, 0.6) is 0 Å². The highest BCUT2D eigenvalue weighted by Crippen LogP contribution is 2.67. The summed E-state index contributed by atoms with van der Waals surface area (Å²) in [5.41, 5.74) is 2.51. The summed E-state index contributed by atoms with van der Waals surface area (Å²) >= 11 is 0. The number of ether oxygens (including phenoxy) is 1. The molecule has 0 aromatic heterocycles. The minimum Gasteiger partial charge on any atom is -0.462 e. The fourth-order valence-electron chi connectivity index (χ4n) is 12.4. The summed E-state index contributed by atoms with van der Waals surface area (Å²) in [4.78, 5) is 12.9. The molecule has 9 atom stereocenters. The topological polar surface area (TPSA) is 26.3 Å². The minimum atomic E-state index is 0.0585. The van der Waals surface area contributed by atoms with Crippen molar-refractivity contribution < 1.29 is 9.53 Å². The first-order valence-electron chi connectivity index (χ1n) is 23.8. The molecular formula is C51H88O2. The zero-order valence-electron chi connectivity index (χ0n) is 36.4. The van der Waals surface area contributed by atoms with Gasteiger partial charge in [-0.05, 0) is 142 Å². The van der Waals surface area contributed by atoms with E-state index in [0.29, 0.717) is 17.3 Å². The number of hydrogen-bond acceptors (Lipinski definition) is 2. The molecule has 0 N–H and O–H groups in total. The lowest BCUT2D eigenvalue weighted by Crippen LogP contribution is -2.51. The van der Waals surface area contributed by atoms with E-state index < -0.39 is 0 Å². The van der Waals surface area contributed by atoms with Crippen LogP contribution in [0.4, 0.5) is 0 Å². The molecule has 0 unspecified atom stereocenters. The molecule has 0 heterocycles. The molecule has 4 aliphatic rings. The monoisotopic (exact) mass is 733 g/mol. The standard InChI is InChI=1S/C51H88O2/c1-8-10-11-12-13-14-15-16-17-18-19-20-21-22-23-24-25-26-27-28-49(52)53-44-35-37-50(6)43(39-44)31-32-45-47-34-33-46(51(47,7)38-36-48(45)50)41(5)29-30-42(9-2)40(3)4/h13-14,16-17,31,40-42,44-48H,8-12,15,18-30,32-39H2,1-7H3/b14-13-,17-16-/t41-,42-,44+,45+,46-,47+,48+,50+,51-/m1/s1. The summed E-state index contributed by atoms with van der Waals surface area (Å²) in [6.07, 6.45) is 46.3. The van der Waals surface area contributed by atoms with Gasteiger partial charge in [0, 0.05) is 12.8 Å². The second kappa shape index (κ2) is 23.0. The van der Waals surface area contributed by atoms with Crippen molar-refractivity contribution in [3.05, 3.63) is 36.0 Å². The highest BCUT2D eigenvalue weighted by Gasteiger charge is 2.59. The smallest absolute Gasteiger partial charge is 0.306 e. The number of esters is 1. The third kappa shape index (κ3) is 12.9. The summed E-state index contributed by atoms with van der Waals surface area (Å²) < 4.78 is 6.16. The summed E-state index contributed by atoms with van der Waals surface area (Å²) in [5.74, 6) is 6.14. The van der Waals surface area contributed by atoms with Gasteiger partial charge < -0.3 is 4.74 Å². The molecule has 0 radical (unpaired) electrons. The van der Waals surface area contributed by atoms with E-state index in [0.717, 1.165) is 67.1 Å². The zero-order chi connectivity index (χ0) is 38.1. The van der Waals surface area contributed by atoms with Crippen molar-refractivity contribution >= 4 is 5.97 Å². The molecule has 0 saturated heterocycles. The molecule has 0 amide bonds. The molecule has 4 rings (SSSR count). The fourth-order valence-corrected chi connectivity index (χ4v) is 12.4. The Labute approximate surface area is 330 Å². The van der Waals surface area contributed by atoms with Gasteiger partial charge in [-0.25, -0.2) is 0 Å². The third-order valence-corrected chi connectivity index (χ3v) is 15.9. The van der Waals surface area contributed by atoms with Crippen molar-refractivity contribution in [3.63, 3.8) is 0 Å². The predicted octanol–water partition coefficient (Wildman–Crippen LogP) is 15.9. The van der Waals surface area contributed by atoms with Crippen LogP contribution in [-0.4, -0.2) is 12.1 Å². The van der Waals surface area contributed by atoms with Crippen molar-refractivity contribution in [3.8, 4) is 0 Å². The van der Waals surface area contributed by atoms with Gasteiger partial charge in [0.2, 0.25) is 0 Å². The Morgan fingerprint density at radius 2 is 1.43 bits per heavy atom. The highest BCUT2D eigenvalue weighted by molar-refractivity contribution is 5.69. The van der Waals surface area contributed by atoms with Crippen molar-refractivity contribution in [1.82, 2.24) is 0 Å². The van der Waals surface area contributed by atoms with Crippen molar-refractivity contribution in [1.29, 1.82) is 0 Å². The van der Waals surface area contributed by atoms with Gasteiger partial charge in [0.25, 0.3) is 0 Å². The van der Waals surface area contributed by atoms with E-state index in [1.807, 2.05) is 0 Å². The normalized spacial score (nSPS) is 31.0. The molecule has 0 aliphatic heterocycles. The van der Waals surface area contributed by atoms with Crippen LogP contribution < -0.4 is 0 Å². The quantitative estimate of drug-likeness (QED) is 0.0531. The molecule has 3 fully saturated rings. The minimum absolute atomic E-state index is 0.0585. The van der Waals surface area contributed by atoms with E-state index in [1.54, 1.807) is 5.57 Å². The van der Waals surface area contributed by atoms with E-state index in [1.165, 1.54) is 141 Å². The summed E-state index contributed by atoms with van der Waals surface area (Å²) in [5, 5.41) is 0. The van der Waals surface area contributed by atoms with E-state index in [-0.39, 0.29) is 12.1 Å². The van der Waals surface area contributed by atoms with Gasteiger partial charge in [0.05, 0.1) is 0 Å². The number of rotatable bonds is 25. The number of fused-ring (bicyclic) bond motifs is 5. The SMILES string of the molecule is CCCCC/C=C\C/C=C\CCCCCCCCCCCC(=O)O[C@H]1CC[C@@]2(C)C(=CC[C@H]3[C@@H]4CC[C@H]([C@H](C)CC[C@@H](CC)C(C)C)[C@@]4(C)CC[C@@H]32)C1. The Morgan fingerprint density at radius 1 is 0.774 bits per heavy atom. The lowest BCUT2D eigenvalue weighted by molar-refractivity contribution is -0.151. The lowest BCUT2D eigenvalue weighted by atomic mass is 9.47. The Morgan fingerprint density at radius 3 is 2.09 bits per heavy atom. The van der Waals surface area contributed by atoms with Crippen LogP contribution in [0, 0.1) is 52.3 Å². The summed E-state index contributed by atoms with van der Waals surface area (Å²) in [6.45, 7) is 17.5.